The van der Waals surface area contributed by atoms with E-state index >= 15 is 0 Å². The van der Waals surface area contributed by atoms with E-state index in [0.717, 1.165) is 11.3 Å². The van der Waals surface area contributed by atoms with Crippen molar-refractivity contribution >= 4 is 33.4 Å². The first-order valence-corrected chi connectivity index (χ1v) is 8.83. The van der Waals surface area contributed by atoms with E-state index < -0.39 is 10.0 Å². The van der Waals surface area contributed by atoms with Gasteiger partial charge in [0.1, 0.15) is 0 Å². The van der Waals surface area contributed by atoms with Crippen molar-refractivity contribution in [2.75, 3.05) is 18.8 Å². The van der Waals surface area contributed by atoms with E-state index in [4.69, 9.17) is 11.6 Å². The molecule has 1 saturated heterocycles. The molecule has 3 nitrogen and oxygen atoms in total. The molecule has 0 N–H and O–H groups in total. The van der Waals surface area contributed by atoms with E-state index in [2.05, 4.69) is 6.92 Å². The first-order chi connectivity index (χ1) is 8.54. The van der Waals surface area contributed by atoms with Crippen molar-refractivity contribution in [2.45, 2.75) is 22.9 Å². The quantitative estimate of drug-likeness (QED) is 0.805. The van der Waals surface area contributed by atoms with E-state index in [1.54, 1.807) is 22.5 Å². The Morgan fingerprint density at radius 3 is 2.94 bits per heavy atom. The Labute approximate surface area is 118 Å². The maximum absolute atomic E-state index is 12.5. The van der Waals surface area contributed by atoms with Crippen LogP contribution in [0.15, 0.2) is 29.2 Å². The van der Waals surface area contributed by atoms with Gasteiger partial charge in [-0.1, -0.05) is 19.1 Å². The summed E-state index contributed by atoms with van der Waals surface area (Å²) in [5.74, 6) is 1.19. The molecule has 0 saturated carbocycles. The van der Waals surface area contributed by atoms with Gasteiger partial charge < -0.3 is 0 Å². The van der Waals surface area contributed by atoms with Crippen LogP contribution in [0, 0.1) is 0 Å². The van der Waals surface area contributed by atoms with Crippen molar-refractivity contribution in [3.63, 3.8) is 0 Å². The Kier molecular flexibility index (Phi) is 4.59. The summed E-state index contributed by atoms with van der Waals surface area (Å²) >= 11 is 7.56. The van der Waals surface area contributed by atoms with Crippen molar-refractivity contribution in [2.24, 2.45) is 0 Å². The maximum Gasteiger partial charge on any atom is 0.243 e. The molecule has 0 radical (unpaired) electrons. The average molecular weight is 306 g/mol. The number of halogens is 1. The fourth-order valence-corrected chi connectivity index (χ4v) is 4.93. The van der Waals surface area contributed by atoms with Crippen LogP contribution >= 0.6 is 23.4 Å². The normalized spacial score (nSPS) is 22.0. The fraction of sp³-hybridized carbons (Fsp3) is 0.500. The minimum Gasteiger partial charge on any atom is -0.207 e. The lowest BCUT2D eigenvalue weighted by molar-refractivity contribution is 0.424. The second kappa shape index (κ2) is 5.82. The van der Waals surface area contributed by atoms with Gasteiger partial charge in [0, 0.05) is 30.0 Å². The van der Waals surface area contributed by atoms with Crippen LogP contribution in [0.5, 0.6) is 0 Å². The summed E-state index contributed by atoms with van der Waals surface area (Å²) in [6.07, 6.45) is 0. The predicted octanol–water partition coefficient (Wildman–Crippen LogP) is 2.55. The highest BCUT2D eigenvalue weighted by atomic mass is 35.5. The summed E-state index contributed by atoms with van der Waals surface area (Å²) in [6, 6.07) is 6.87. The number of hydrogen-bond donors (Lipinski definition) is 0. The van der Waals surface area contributed by atoms with E-state index in [9.17, 15) is 8.42 Å². The summed E-state index contributed by atoms with van der Waals surface area (Å²) in [6.45, 7) is 3.22. The molecule has 1 atom stereocenters. The largest absolute Gasteiger partial charge is 0.243 e. The van der Waals surface area contributed by atoms with Crippen molar-refractivity contribution < 1.29 is 8.42 Å². The van der Waals surface area contributed by atoms with Crippen molar-refractivity contribution in [1.82, 2.24) is 4.31 Å². The van der Waals surface area contributed by atoms with Gasteiger partial charge in [-0.25, -0.2) is 8.42 Å². The van der Waals surface area contributed by atoms with E-state index in [1.165, 1.54) is 0 Å². The molecule has 1 aliphatic heterocycles. The predicted molar refractivity (Wildman–Crippen MR) is 76.7 cm³/mol. The molecule has 2 rings (SSSR count). The lowest BCUT2D eigenvalue weighted by Crippen LogP contribution is -2.40. The second-order valence-corrected chi connectivity index (χ2v) is 8.08. The van der Waals surface area contributed by atoms with Crippen molar-refractivity contribution in [3.8, 4) is 0 Å². The third kappa shape index (κ3) is 3.02. The molecule has 1 unspecified atom stereocenters. The van der Waals surface area contributed by atoms with Gasteiger partial charge in [0.05, 0.1) is 4.90 Å². The Morgan fingerprint density at radius 1 is 1.50 bits per heavy atom. The standard InChI is InChI=1S/C12H16ClNO2S2/c1-10-9-14(5-6-17-10)18(15,16)12-4-2-3-11(7-12)8-13/h2-4,7,10H,5-6,8-9H2,1H3. The average Bonchev–Trinajstić information content (AvgIpc) is 2.39. The molecular weight excluding hydrogens is 290 g/mol. The summed E-state index contributed by atoms with van der Waals surface area (Å²) in [7, 11) is -3.37. The topological polar surface area (TPSA) is 37.4 Å². The zero-order valence-electron chi connectivity index (χ0n) is 10.2. The second-order valence-electron chi connectivity index (χ2n) is 4.33. The molecule has 1 heterocycles. The fourth-order valence-electron chi connectivity index (χ4n) is 1.94. The number of thioether (sulfide) groups is 1. The molecule has 0 spiro atoms. The number of nitrogens with zero attached hydrogens (tertiary/aromatic N) is 1. The third-order valence-corrected chi connectivity index (χ3v) is 6.20. The van der Waals surface area contributed by atoms with Gasteiger partial charge in [-0.3, -0.25) is 0 Å². The summed E-state index contributed by atoms with van der Waals surface area (Å²) in [4.78, 5) is 0.347. The van der Waals surface area contributed by atoms with Gasteiger partial charge in [0.25, 0.3) is 0 Å². The molecule has 1 aromatic rings. The van der Waals surface area contributed by atoms with Crippen molar-refractivity contribution in [1.29, 1.82) is 0 Å². The zero-order valence-corrected chi connectivity index (χ0v) is 12.6. The number of sulfonamides is 1. The molecule has 1 fully saturated rings. The van der Waals surface area contributed by atoms with Gasteiger partial charge in [-0.15, -0.1) is 11.6 Å². The van der Waals surface area contributed by atoms with Crippen LogP contribution in [0.1, 0.15) is 12.5 Å². The first-order valence-electron chi connectivity index (χ1n) is 5.80. The third-order valence-electron chi connectivity index (χ3n) is 2.89. The van der Waals surface area contributed by atoms with Crippen LogP contribution in [0.3, 0.4) is 0 Å². The zero-order chi connectivity index (χ0) is 13.2. The molecule has 100 valence electrons. The first kappa shape index (κ1) is 14.2. The molecule has 0 aromatic heterocycles. The van der Waals surface area contributed by atoms with Gasteiger partial charge in [0.15, 0.2) is 0 Å². The highest BCUT2D eigenvalue weighted by Crippen LogP contribution is 2.24. The highest BCUT2D eigenvalue weighted by Gasteiger charge is 2.28. The van der Waals surface area contributed by atoms with Gasteiger partial charge in [-0.2, -0.15) is 16.1 Å². The summed E-state index contributed by atoms with van der Waals surface area (Å²) in [5, 5.41) is 0.352. The Hall–Kier alpha value is -0.230. The van der Waals surface area contributed by atoms with Crippen LogP contribution in [-0.4, -0.2) is 36.8 Å². The molecule has 0 aliphatic carbocycles. The summed E-state index contributed by atoms with van der Waals surface area (Å²) < 4.78 is 26.5. The summed E-state index contributed by atoms with van der Waals surface area (Å²) in [5.41, 5.74) is 0.831. The van der Waals surface area contributed by atoms with Crippen LogP contribution < -0.4 is 0 Å². The van der Waals surface area contributed by atoms with Gasteiger partial charge in [-0.05, 0) is 17.7 Å². The molecule has 6 heteroatoms. The number of benzene rings is 1. The van der Waals surface area contributed by atoms with Crippen LogP contribution in [0.4, 0.5) is 0 Å². The van der Waals surface area contributed by atoms with Gasteiger partial charge in [0.2, 0.25) is 10.0 Å². The molecule has 1 aliphatic rings. The van der Waals surface area contributed by atoms with E-state index in [-0.39, 0.29) is 0 Å². The molecule has 0 amide bonds. The minimum absolute atomic E-state index is 0.329. The Balaban J connectivity index is 2.29. The smallest absolute Gasteiger partial charge is 0.207 e. The van der Waals surface area contributed by atoms with Crippen molar-refractivity contribution in [3.05, 3.63) is 29.8 Å². The lowest BCUT2D eigenvalue weighted by atomic mass is 10.2. The molecule has 0 bridgehead atoms. The lowest BCUT2D eigenvalue weighted by Gasteiger charge is -2.29. The Bertz CT molecular complexity index is 519. The Morgan fingerprint density at radius 2 is 2.28 bits per heavy atom. The van der Waals surface area contributed by atoms with Crippen LogP contribution in [-0.2, 0) is 15.9 Å². The van der Waals surface area contributed by atoms with E-state index in [0.29, 0.717) is 29.1 Å². The highest BCUT2D eigenvalue weighted by molar-refractivity contribution is 8.00. The van der Waals surface area contributed by atoms with Crippen LogP contribution in [0.25, 0.3) is 0 Å². The SMILES string of the molecule is CC1CN(S(=O)(=O)c2cccc(CCl)c2)CCS1. The molecule has 1 aromatic carbocycles. The van der Waals surface area contributed by atoms with Crippen LogP contribution in [0.2, 0.25) is 0 Å². The van der Waals surface area contributed by atoms with E-state index in [1.807, 2.05) is 17.8 Å². The van der Waals surface area contributed by atoms with Gasteiger partial charge >= 0.3 is 0 Å². The minimum atomic E-state index is -3.37. The monoisotopic (exact) mass is 305 g/mol. The maximum atomic E-state index is 12.5. The number of hydrogen-bond acceptors (Lipinski definition) is 3. The number of alkyl halides is 1. The molecular formula is C12H16ClNO2S2. The molecule has 18 heavy (non-hydrogen) atoms. The number of rotatable bonds is 3.